The number of carbonyl (C=O) groups excluding carboxylic acids is 1. The lowest BCUT2D eigenvalue weighted by atomic mass is 9.87. The molecule has 0 saturated carbocycles. The number of nitrogens with zero attached hydrogens (tertiary/aromatic N) is 2. The predicted molar refractivity (Wildman–Crippen MR) is 91.2 cm³/mol. The molecule has 1 aliphatic rings. The number of carboxylic acid groups (broad SMARTS) is 1. The first-order valence-electron chi connectivity index (χ1n) is 8.38. The number of rotatable bonds is 4. The fourth-order valence-corrected chi connectivity index (χ4v) is 3.18. The van der Waals surface area contributed by atoms with Gasteiger partial charge in [-0.2, -0.15) is 0 Å². The number of aliphatic hydroxyl groups excluding tert-OH is 1. The van der Waals surface area contributed by atoms with Gasteiger partial charge in [0.25, 0.3) is 5.91 Å². The van der Waals surface area contributed by atoms with Crippen LogP contribution in [0, 0.1) is 11.7 Å². The Labute approximate surface area is 149 Å². The summed E-state index contributed by atoms with van der Waals surface area (Å²) in [6.07, 6.45) is 1.84. The first-order chi connectivity index (χ1) is 12.5. The summed E-state index contributed by atoms with van der Waals surface area (Å²) in [6, 6.07) is 8.56. The minimum absolute atomic E-state index is 0.00276. The molecule has 1 aromatic heterocycles. The number of aromatic carboxylic acids is 1. The van der Waals surface area contributed by atoms with Crippen LogP contribution in [-0.4, -0.2) is 45.1 Å². The number of amides is 1. The maximum absolute atomic E-state index is 13.0. The maximum Gasteiger partial charge on any atom is 0.354 e. The van der Waals surface area contributed by atoms with E-state index in [4.69, 9.17) is 5.11 Å². The summed E-state index contributed by atoms with van der Waals surface area (Å²) >= 11 is 0. The molecule has 2 heterocycles. The van der Waals surface area contributed by atoms with Crippen LogP contribution < -0.4 is 0 Å². The van der Waals surface area contributed by atoms with Gasteiger partial charge in [-0.3, -0.25) is 4.79 Å². The smallest absolute Gasteiger partial charge is 0.354 e. The second kappa shape index (κ2) is 7.61. The van der Waals surface area contributed by atoms with Crippen LogP contribution in [-0.2, 0) is 0 Å². The van der Waals surface area contributed by atoms with E-state index >= 15 is 0 Å². The molecule has 0 spiro atoms. The molecule has 1 aliphatic heterocycles. The van der Waals surface area contributed by atoms with Crippen molar-refractivity contribution in [1.82, 2.24) is 9.88 Å². The van der Waals surface area contributed by atoms with Gasteiger partial charge >= 0.3 is 5.97 Å². The third-order valence-electron chi connectivity index (χ3n) is 4.71. The second-order valence-electron chi connectivity index (χ2n) is 6.36. The van der Waals surface area contributed by atoms with Crippen LogP contribution in [0.2, 0.25) is 0 Å². The number of benzene rings is 1. The Morgan fingerprint density at radius 3 is 2.31 bits per heavy atom. The molecule has 0 bridgehead atoms. The van der Waals surface area contributed by atoms with E-state index in [0.29, 0.717) is 37.1 Å². The average molecular weight is 358 g/mol. The summed E-state index contributed by atoms with van der Waals surface area (Å²) in [7, 11) is 0. The molecular weight excluding hydrogens is 339 g/mol. The van der Waals surface area contributed by atoms with Gasteiger partial charge in [-0.15, -0.1) is 0 Å². The van der Waals surface area contributed by atoms with Gasteiger partial charge in [0.2, 0.25) is 0 Å². The van der Waals surface area contributed by atoms with Gasteiger partial charge in [-0.25, -0.2) is 14.2 Å². The van der Waals surface area contributed by atoms with Gasteiger partial charge in [-0.1, -0.05) is 12.1 Å². The molecule has 1 atom stereocenters. The molecule has 1 saturated heterocycles. The predicted octanol–water partition coefficient (Wildman–Crippen LogP) is 2.50. The van der Waals surface area contributed by atoms with Crippen molar-refractivity contribution >= 4 is 11.9 Å². The van der Waals surface area contributed by atoms with Crippen molar-refractivity contribution in [3.8, 4) is 0 Å². The molecule has 7 heteroatoms. The summed E-state index contributed by atoms with van der Waals surface area (Å²) in [5.41, 5.74) is 0.903. The summed E-state index contributed by atoms with van der Waals surface area (Å²) < 4.78 is 13.0. The Morgan fingerprint density at radius 2 is 1.77 bits per heavy atom. The largest absolute Gasteiger partial charge is 0.477 e. The SMILES string of the molecule is O=C(O)c1ccc(C(=O)N2CCC(C(O)c3ccc(F)cc3)CC2)cn1. The van der Waals surface area contributed by atoms with Crippen LogP contribution in [0.4, 0.5) is 4.39 Å². The Kier molecular flexibility index (Phi) is 5.27. The normalized spacial score (nSPS) is 16.3. The molecule has 2 N–H and O–H groups in total. The molecule has 26 heavy (non-hydrogen) atoms. The molecular formula is C19H19FN2O4. The lowest BCUT2D eigenvalue weighted by Gasteiger charge is -2.34. The standard InChI is InChI=1S/C19H19FN2O4/c20-15-4-1-12(2-5-15)17(23)13-7-9-22(10-8-13)18(24)14-3-6-16(19(25)26)21-11-14/h1-6,11,13,17,23H,7-10H2,(H,25,26). The highest BCUT2D eigenvalue weighted by atomic mass is 19.1. The number of hydrogen-bond acceptors (Lipinski definition) is 4. The van der Waals surface area contributed by atoms with Crippen LogP contribution in [0.1, 0.15) is 45.4 Å². The number of piperidine rings is 1. The molecule has 2 aromatic rings. The van der Waals surface area contributed by atoms with E-state index in [9.17, 15) is 19.1 Å². The second-order valence-corrected chi connectivity index (χ2v) is 6.36. The topological polar surface area (TPSA) is 90.7 Å². The van der Waals surface area contributed by atoms with Crippen molar-refractivity contribution in [1.29, 1.82) is 0 Å². The summed E-state index contributed by atoms with van der Waals surface area (Å²) in [6.45, 7) is 0.977. The monoisotopic (exact) mass is 358 g/mol. The highest BCUT2D eigenvalue weighted by molar-refractivity contribution is 5.95. The first kappa shape index (κ1) is 18.0. The summed E-state index contributed by atoms with van der Waals surface area (Å²) in [5, 5.41) is 19.3. The maximum atomic E-state index is 13.0. The van der Waals surface area contributed by atoms with Gasteiger partial charge in [0.15, 0.2) is 0 Å². The van der Waals surface area contributed by atoms with Crippen molar-refractivity contribution in [3.05, 3.63) is 65.2 Å². The highest BCUT2D eigenvalue weighted by Gasteiger charge is 2.29. The van der Waals surface area contributed by atoms with Crippen molar-refractivity contribution < 1.29 is 24.2 Å². The molecule has 1 aromatic carbocycles. The van der Waals surface area contributed by atoms with E-state index in [1.165, 1.54) is 30.5 Å². The van der Waals surface area contributed by atoms with Crippen LogP contribution >= 0.6 is 0 Å². The number of halogens is 1. The zero-order chi connectivity index (χ0) is 18.7. The van der Waals surface area contributed by atoms with E-state index in [2.05, 4.69) is 4.98 Å². The highest BCUT2D eigenvalue weighted by Crippen LogP contribution is 2.31. The molecule has 1 unspecified atom stereocenters. The Balaban J connectivity index is 1.59. The Hall–Kier alpha value is -2.80. The van der Waals surface area contributed by atoms with Crippen LogP contribution in [0.5, 0.6) is 0 Å². The molecule has 1 amide bonds. The van der Waals surface area contributed by atoms with E-state index in [-0.39, 0.29) is 23.3 Å². The number of likely N-dealkylation sites (tertiary alicyclic amines) is 1. The van der Waals surface area contributed by atoms with Gasteiger partial charge < -0.3 is 15.1 Å². The number of aromatic nitrogens is 1. The van der Waals surface area contributed by atoms with Crippen LogP contribution in [0.3, 0.4) is 0 Å². The zero-order valence-corrected chi connectivity index (χ0v) is 14.0. The number of pyridine rings is 1. The number of carboxylic acids is 1. The van der Waals surface area contributed by atoms with Gasteiger partial charge in [0.1, 0.15) is 11.5 Å². The van der Waals surface area contributed by atoms with Crippen LogP contribution in [0.25, 0.3) is 0 Å². The minimum atomic E-state index is -1.14. The number of carbonyl (C=O) groups is 2. The number of aliphatic hydroxyl groups is 1. The third kappa shape index (κ3) is 3.88. The summed E-state index contributed by atoms with van der Waals surface area (Å²) in [5.74, 6) is -1.69. The molecule has 0 aliphatic carbocycles. The quantitative estimate of drug-likeness (QED) is 0.876. The minimum Gasteiger partial charge on any atom is -0.477 e. The first-order valence-corrected chi connectivity index (χ1v) is 8.38. The molecule has 6 nitrogen and oxygen atoms in total. The van der Waals surface area contributed by atoms with E-state index in [1.807, 2.05) is 0 Å². The Bertz CT molecular complexity index is 784. The van der Waals surface area contributed by atoms with Crippen molar-refractivity contribution in [3.63, 3.8) is 0 Å². The van der Waals surface area contributed by atoms with Gasteiger partial charge in [0.05, 0.1) is 11.7 Å². The molecule has 3 rings (SSSR count). The van der Waals surface area contributed by atoms with Crippen molar-refractivity contribution in [2.75, 3.05) is 13.1 Å². The van der Waals surface area contributed by atoms with Crippen molar-refractivity contribution in [2.24, 2.45) is 5.92 Å². The van der Waals surface area contributed by atoms with Crippen LogP contribution in [0.15, 0.2) is 42.6 Å². The lowest BCUT2D eigenvalue weighted by Crippen LogP contribution is -2.39. The fourth-order valence-electron chi connectivity index (χ4n) is 3.18. The summed E-state index contributed by atoms with van der Waals surface area (Å²) in [4.78, 5) is 28.8. The van der Waals surface area contributed by atoms with E-state index < -0.39 is 12.1 Å². The number of hydrogen-bond donors (Lipinski definition) is 2. The molecule has 136 valence electrons. The average Bonchev–Trinajstić information content (AvgIpc) is 2.67. The molecule has 0 radical (unpaired) electrons. The molecule has 1 fully saturated rings. The van der Waals surface area contributed by atoms with E-state index in [1.54, 1.807) is 17.0 Å². The van der Waals surface area contributed by atoms with Gasteiger partial charge in [-0.05, 0) is 48.6 Å². The van der Waals surface area contributed by atoms with E-state index in [0.717, 1.165) is 0 Å². The lowest BCUT2D eigenvalue weighted by molar-refractivity contribution is 0.0461. The van der Waals surface area contributed by atoms with Crippen molar-refractivity contribution in [2.45, 2.75) is 18.9 Å². The zero-order valence-electron chi connectivity index (χ0n) is 14.0. The fraction of sp³-hybridized carbons (Fsp3) is 0.316. The third-order valence-corrected chi connectivity index (χ3v) is 4.71. The Morgan fingerprint density at radius 1 is 1.12 bits per heavy atom. The van der Waals surface area contributed by atoms with Gasteiger partial charge in [0, 0.05) is 19.3 Å².